The summed E-state index contributed by atoms with van der Waals surface area (Å²) < 4.78 is 5.57. The number of hydrogen-bond acceptors (Lipinski definition) is 2. The van der Waals surface area contributed by atoms with E-state index in [1.54, 1.807) is 0 Å². The van der Waals surface area contributed by atoms with Gasteiger partial charge < -0.3 is 15.8 Å². The van der Waals surface area contributed by atoms with Gasteiger partial charge in [-0.25, -0.2) is 4.99 Å². The molecular weight excluding hydrogens is 214 g/mol. The Morgan fingerprint density at radius 2 is 2.18 bits per heavy atom. The molecule has 1 aliphatic heterocycles. The zero-order chi connectivity index (χ0) is 11.7. The van der Waals surface area contributed by atoms with Crippen LogP contribution in [-0.4, -0.2) is 18.6 Å². The number of rotatable bonds is 2. The lowest BCUT2D eigenvalue weighted by molar-refractivity contribution is 0.332. The van der Waals surface area contributed by atoms with Crippen molar-refractivity contribution in [2.24, 2.45) is 10.7 Å². The van der Waals surface area contributed by atoms with Crippen LogP contribution in [0.15, 0.2) is 29.3 Å². The summed E-state index contributed by atoms with van der Waals surface area (Å²) in [6.07, 6.45) is 3.70. The Balaban J connectivity index is 1.71. The van der Waals surface area contributed by atoms with Gasteiger partial charge in [0, 0.05) is 11.6 Å². The van der Waals surface area contributed by atoms with Crippen LogP contribution in [0.3, 0.4) is 0 Å². The van der Waals surface area contributed by atoms with E-state index >= 15 is 0 Å². The van der Waals surface area contributed by atoms with Gasteiger partial charge in [0.25, 0.3) is 0 Å². The Morgan fingerprint density at radius 3 is 2.94 bits per heavy atom. The van der Waals surface area contributed by atoms with E-state index < -0.39 is 0 Å². The first-order chi connectivity index (χ1) is 8.33. The van der Waals surface area contributed by atoms with Gasteiger partial charge in [0.2, 0.25) is 0 Å². The average Bonchev–Trinajstić information content (AvgIpc) is 2.68. The van der Waals surface area contributed by atoms with Crippen LogP contribution in [-0.2, 0) is 0 Å². The minimum absolute atomic E-state index is 0.0405. The SMILES string of the molecule is NC(=NC1COc2ccccc21)NC1CCC1. The fraction of sp³-hybridized carbons (Fsp3) is 0.462. The van der Waals surface area contributed by atoms with E-state index in [1.807, 2.05) is 24.3 Å². The molecule has 3 N–H and O–H groups in total. The van der Waals surface area contributed by atoms with Crippen molar-refractivity contribution in [3.63, 3.8) is 0 Å². The number of nitrogens with zero attached hydrogens (tertiary/aromatic N) is 1. The van der Waals surface area contributed by atoms with E-state index in [0.29, 0.717) is 18.6 Å². The molecule has 1 aliphatic carbocycles. The second kappa shape index (κ2) is 4.28. The number of nitrogens with two attached hydrogens (primary N) is 1. The Bertz CT molecular complexity index is 440. The minimum Gasteiger partial charge on any atom is -0.491 e. The number of nitrogens with one attached hydrogen (secondary N) is 1. The first-order valence-corrected chi connectivity index (χ1v) is 6.14. The van der Waals surface area contributed by atoms with E-state index in [-0.39, 0.29) is 6.04 Å². The number of fused-ring (bicyclic) bond motifs is 1. The minimum atomic E-state index is 0.0405. The van der Waals surface area contributed by atoms with E-state index in [9.17, 15) is 0 Å². The van der Waals surface area contributed by atoms with Crippen molar-refractivity contribution >= 4 is 5.96 Å². The van der Waals surface area contributed by atoms with Crippen molar-refractivity contribution < 1.29 is 4.74 Å². The summed E-state index contributed by atoms with van der Waals surface area (Å²) in [6.45, 7) is 0.590. The van der Waals surface area contributed by atoms with Crippen LogP contribution in [0.25, 0.3) is 0 Å². The lowest BCUT2D eigenvalue weighted by atomic mass is 9.93. The van der Waals surface area contributed by atoms with Gasteiger partial charge in [-0.1, -0.05) is 18.2 Å². The monoisotopic (exact) mass is 231 g/mol. The highest BCUT2D eigenvalue weighted by molar-refractivity contribution is 5.78. The zero-order valence-corrected chi connectivity index (χ0v) is 9.73. The van der Waals surface area contributed by atoms with Crippen LogP contribution in [0.4, 0.5) is 0 Å². The van der Waals surface area contributed by atoms with Crippen LogP contribution in [0, 0.1) is 0 Å². The van der Waals surface area contributed by atoms with Gasteiger partial charge in [-0.05, 0) is 25.3 Å². The molecule has 0 radical (unpaired) electrons. The molecule has 2 aliphatic rings. The van der Waals surface area contributed by atoms with E-state index in [1.165, 1.54) is 19.3 Å². The van der Waals surface area contributed by atoms with E-state index in [2.05, 4.69) is 10.3 Å². The smallest absolute Gasteiger partial charge is 0.189 e. The van der Waals surface area contributed by atoms with Gasteiger partial charge in [0.15, 0.2) is 5.96 Å². The second-order valence-corrected chi connectivity index (χ2v) is 4.65. The van der Waals surface area contributed by atoms with E-state index in [0.717, 1.165) is 11.3 Å². The molecule has 1 atom stereocenters. The lowest BCUT2D eigenvalue weighted by Crippen LogP contribution is -2.43. The van der Waals surface area contributed by atoms with E-state index in [4.69, 9.17) is 10.5 Å². The van der Waals surface area contributed by atoms with Gasteiger partial charge in [-0.2, -0.15) is 0 Å². The summed E-state index contributed by atoms with van der Waals surface area (Å²) >= 11 is 0. The maximum atomic E-state index is 5.90. The van der Waals surface area contributed by atoms with Crippen molar-refractivity contribution in [2.75, 3.05) is 6.61 Å². The third-order valence-corrected chi connectivity index (χ3v) is 3.43. The van der Waals surface area contributed by atoms with Gasteiger partial charge in [-0.3, -0.25) is 0 Å². The Labute approximate surface area is 101 Å². The van der Waals surface area contributed by atoms with Gasteiger partial charge in [0.05, 0.1) is 0 Å². The molecule has 1 saturated carbocycles. The van der Waals surface area contributed by atoms with Gasteiger partial charge >= 0.3 is 0 Å². The molecule has 0 bridgehead atoms. The van der Waals surface area contributed by atoms with Crippen molar-refractivity contribution in [3.05, 3.63) is 29.8 Å². The second-order valence-electron chi connectivity index (χ2n) is 4.65. The van der Waals surface area contributed by atoms with Crippen molar-refractivity contribution in [1.29, 1.82) is 0 Å². The van der Waals surface area contributed by atoms with Crippen LogP contribution in [0.5, 0.6) is 5.75 Å². The molecule has 1 fully saturated rings. The zero-order valence-electron chi connectivity index (χ0n) is 9.73. The van der Waals surface area contributed by atoms with Crippen LogP contribution in [0.1, 0.15) is 30.9 Å². The quantitative estimate of drug-likeness (QED) is 0.600. The number of para-hydroxylation sites is 1. The molecule has 1 aromatic rings. The summed E-state index contributed by atoms with van der Waals surface area (Å²) in [4.78, 5) is 4.50. The summed E-state index contributed by atoms with van der Waals surface area (Å²) in [5.74, 6) is 1.47. The predicted octanol–water partition coefficient (Wildman–Crippen LogP) is 1.58. The molecule has 17 heavy (non-hydrogen) atoms. The predicted molar refractivity (Wildman–Crippen MR) is 67.1 cm³/mol. The molecule has 4 heteroatoms. The highest BCUT2D eigenvalue weighted by atomic mass is 16.5. The molecule has 1 aromatic carbocycles. The fourth-order valence-electron chi connectivity index (χ4n) is 2.22. The van der Waals surface area contributed by atoms with Gasteiger partial charge in [0.1, 0.15) is 18.4 Å². The number of benzene rings is 1. The number of ether oxygens (including phenoxy) is 1. The topological polar surface area (TPSA) is 59.6 Å². The molecule has 3 rings (SSSR count). The number of guanidine groups is 1. The molecule has 4 nitrogen and oxygen atoms in total. The van der Waals surface area contributed by atoms with Crippen molar-refractivity contribution in [1.82, 2.24) is 5.32 Å². The Kier molecular flexibility index (Phi) is 2.63. The van der Waals surface area contributed by atoms with Crippen LogP contribution < -0.4 is 15.8 Å². The number of hydrogen-bond donors (Lipinski definition) is 2. The molecule has 1 unspecified atom stereocenters. The summed E-state index contributed by atoms with van der Waals surface area (Å²) in [5.41, 5.74) is 7.03. The van der Waals surface area contributed by atoms with Crippen molar-refractivity contribution in [2.45, 2.75) is 31.3 Å². The molecule has 0 amide bonds. The summed E-state index contributed by atoms with van der Waals surface area (Å²) in [7, 11) is 0. The van der Waals surface area contributed by atoms with Crippen molar-refractivity contribution in [3.8, 4) is 5.75 Å². The standard InChI is InChI=1S/C13H17N3O/c14-13(15-9-4-3-5-9)16-11-8-17-12-7-2-1-6-10(11)12/h1-2,6-7,9,11H,3-5,8H2,(H3,14,15,16). The highest BCUT2D eigenvalue weighted by Crippen LogP contribution is 2.34. The van der Waals surface area contributed by atoms with Crippen LogP contribution in [0.2, 0.25) is 0 Å². The third kappa shape index (κ3) is 2.07. The molecule has 0 spiro atoms. The maximum absolute atomic E-state index is 5.90. The maximum Gasteiger partial charge on any atom is 0.189 e. The Hall–Kier alpha value is -1.71. The fourth-order valence-corrected chi connectivity index (χ4v) is 2.22. The lowest BCUT2D eigenvalue weighted by Gasteiger charge is -2.27. The largest absolute Gasteiger partial charge is 0.491 e. The average molecular weight is 231 g/mol. The normalized spacial score (nSPS) is 23.8. The summed E-state index contributed by atoms with van der Waals surface area (Å²) in [6, 6.07) is 8.56. The first-order valence-electron chi connectivity index (χ1n) is 6.14. The molecule has 1 heterocycles. The first kappa shape index (κ1) is 10.4. The van der Waals surface area contributed by atoms with Gasteiger partial charge in [-0.15, -0.1) is 0 Å². The highest BCUT2D eigenvalue weighted by Gasteiger charge is 2.24. The molecule has 0 aromatic heterocycles. The molecule has 90 valence electrons. The molecular formula is C13H17N3O. The van der Waals surface area contributed by atoms with Crippen LogP contribution >= 0.6 is 0 Å². The third-order valence-electron chi connectivity index (χ3n) is 3.43. The molecule has 0 saturated heterocycles. The Morgan fingerprint density at radius 1 is 1.35 bits per heavy atom. The number of aliphatic imine (C=N–C) groups is 1. The summed E-state index contributed by atoms with van der Waals surface area (Å²) in [5, 5.41) is 3.25.